The highest BCUT2D eigenvalue weighted by atomic mass is 35.5. The van der Waals surface area contributed by atoms with E-state index in [4.69, 9.17) is 16.3 Å². The van der Waals surface area contributed by atoms with Gasteiger partial charge >= 0.3 is 6.09 Å². The number of carbonyl (C=O) groups is 1. The van der Waals surface area contributed by atoms with Crippen LogP contribution >= 0.6 is 11.6 Å². The molecule has 24 heavy (non-hydrogen) atoms. The van der Waals surface area contributed by atoms with E-state index < -0.39 is 11.9 Å². The van der Waals surface area contributed by atoms with E-state index in [0.717, 1.165) is 11.6 Å². The summed E-state index contributed by atoms with van der Waals surface area (Å²) in [6.45, 7) is 0.562. The maximum absolute atomic E-state index is 13.2. The molecule has 126 valence electrons. The highest BCUT2D eigenvalue weighted by molar-refractivity contribution is 6.32. The molecule has 0 saturated heterocycles. The summed E-state index contributed by atoms with van der Waals surface area (Å²) in [7, 11) is 0. The van der Waals surface area contributed by atoms with Gasteiger partial charge in [0.25, 0.3) is 0 Å². The summed E-state index contributed by atoms with van der Waals surface area (Å²) < 4.78 is 18.3. The molecule has 0 heterocycles. The molecule has 0 bridgehead atoms. The topological polar surface area (TPSA) is 58.6 Å². The van der Waals surface area contributed by atoms with Crippen LogP contribution in [-0.4, -0.2) is 17.7 Å². The van der Waals surface area contributed by atoms with Crippen molar-refractivity contribution in [2.45, 2.75) is 13.0 Å². The summed E-state index contributed by atoms with van der Waals surface area (Å²) in [6.07, 6.45) is 3.22. The second-order valence-electron chi connectivity index (χ2n) is 5.00. The molecule has 6 heteroatoms. The van der Waals surface area contributed by atoms with Crippen molar-refractivity contribution in [1.29, 1.82) is 0 Å². The van der Waals surface area contributed by atoms with Crippen molar-refractivity contribution in [3.63, 3.8) is 0 Å². The molecule has 0 aliphatic carbocycles. The minimum Gasteiger partial charge on any atom is -0.506 e. The molecule has 0 atom stereocenters. The Labute approximate surface area is 144 Å². The predicted molar refractivity (Wildman–Crippen MR) is 91.4 cm³/mol. The van der Waals surface area contributed by atoms with Crippen molar-refractivity contribution >= 4 is 23.8 Å². The third-order valence-corrected chi connectivity index (χ3v) is 3.44. The first-order chi connectivity index (χ1) is 11.6. The SMILES string of the molecule is O=C(NCCC=Cc1cc(F)cc(Cl)c1O)OCc1ccccc1. The van der Waals surface area contributed by atoms with E-state index in [2.05, 4.69) is 5.32 Å². The maximum atomic E-state index is 13.2. The van der Waals surface area contributed by atoms with Crippen LogP contribution in [0.25, 0.3) is 6.08 Å². The van der Waals surface area contributed by atoms with Gasteiger partial charge in [-0.25, -0.2) is 9.18 Å². The van der Waals surface area contributed by atoms with Crippen molar-refractivity contribution in [2.24, 2.45) is 0 Å². The van der Waals surface area contributed by atoms with Gasteiger partial charge in [0.15, 0.2) is 0 Å². The number of nitrogens with one attached hydrogen (secondary N) is 1. The number of aromatic hydroxyl groups is 1. The first-order valence-electron chi connectivity index (χ1n) is 7.35. The van der Waals surface area contributed by atoms with Crippen LogP contribution < -0.4 is 5.32 Å². The van der Waals surface area contributed by atoms with Gasteiger partial charge in [-0.15, -0.1) is 0 Å². The Morgan fingerprint density at radius 3 is 2.79 bits per heavy atom. The molecule has 0 radical (unpaired) electrons. The lowest BCUT2D eigenvalue weighted by atomic mass is 10.1. The number of phenolic OH excluding ortho intramolecular Hbond substituents is 1. The average molecular weight is 350 g/mol. The van der Waals surface area contributed by atoms with E-state index >= 15 is 0 Å². The molecule has 4 nitrogen and oxygen atoms in total. The molecule has 2 aromatic carbocycles. The van der Waals surface area contributed by atoms with Gasteiger partial charge in [0, 0.05) is 12.1 Å². The maximum Gasteiger partial charge on any atom is 0.407 e. The number of hydrogen-bond donors (Lipinski definition) is 2. The van der Waals surface area contributed by atoms with Crippen LogP contribution in [0.3, 0.4) is 0 Å². The molecular weight excluding hydrogens is 333 g/mol. The summed E-state index contributed by atoms with van der Waals surface area (Å²) in [5.41, 5.74) is 1.19. The molecule has 1 amide bonds. The van der Waals surface area contributed by atoms with Crippen molar-refractivity contribution in [3.05, 3.63) is 70.5 Å². The molecule has 0 aliphatic rings. The normalized spacial score (nSPS) is 10.8. The Bertz CT molecular complexity index is 720. The number of alkyl carbamates (subject to hydrolysis) is 1. The number of amides is 1. The number of hydrogen-bond acceptors (Lipinski definition) is 3. The van der Waals surface area contributed by atoms with Crippen molar-refractivity contribution in [3.8, 4) is 5.75 Å². The van der Waals surface area contributed by atoms with Crippen LogP contribution in [0, 0.1) is 5.82 Å². The summed E-state index contributed by atoms with van der Waals surface area (Å²) in [5.74, 6) is -0.704. The molecular formula is C18H17ClFNO3. The van der Waals surface area contributed by atoms with Crippen LogP contribution in [0.15, 0.2) is 48.5 Å². The van der Waals surface area contributed by atoms with Crippen molar-refractivity contribution in [2.75, 3.05) is 6.54 Å². The molecule has 2 rings (SSSR count). The molecule has 0 aliphatic heterocycles. The van der Waals surface area contributed by atoms with E-state index in [0.29, 0.717) is 13.0 Å². The largest absolute Gasteiger partial charge is 0.506 e. The molecule has 2 aromatic rings. The predicted octanol–water partition coefficient (Wildman–Crippen LogP) is 4.51. The standard InChI is InChI=1S/C18H17ClFNO3/c19-16-11-15(20)10-14(17(16)22)8-4-5-9-21-18(23)24-12-13-6-2-1-3-7-13/h1-4,6-8,10-11,22H,5,9,12H2,(H,21,23). The van der Waals surface area contributed by atoms with Crippen LogP contribution in [0.1, 0.15) is 17.5 Å². The minimum absolute atomic E-state index is 0.0442. The first-order valence-corrected chi connectivity index (χ1v) is 7.73. The van der Waals surface area contributed by atoms with Crippen LogP contribution in [0.5, 0.6) is 5.75 Å². The Balaban J connectivity index is 1.72. The van der Waals surface area contributed by atoms with E-state index in [9.17, 15) is 14.3 Å². The quantitative estimate of drug-likeness (QED) is 0.754. The zero-order valence-electron chi connectivity index (χ0n) is 12.8. The van der Waals surface area contributed by atoms with Crippen LogP contribution in [0.2, 0.25) is 5.02 Å². The van der Waals surface area contributed by atoms with E-state index in [1.54, 1.807) is 12.2 Å². The van der Waals surface area contributed by atoms with E-state index in [-0.39, 0.29) is 22.9 Å². The van der Waals surface area contributed by atoms with E-state index in [1.165, 1.54) is 6.07 Å². The number of carbonyl (C=O) groups excluding carboxylic acids is 1. The monoisotopic (exact) mass is 349 g/mol. The Morgan fingerprint density at radius 2 is 2.04 bits per heavy atom. The molecule has 0 aromatic heterocycles. The van der Waals surface area contributed by atoms with Crippen molar-refractivity contribution in [1.82, 2.24) is 5.32 Å². The first kappa shape index (κ1) is 17.8. The lowest BCUT2D eigenvalue weighted by Crippen LogP contribution is -2.24. The second-order valence-corrected chi connectivity index (χ2v) is 5.41. The Kier molecular flexibility index (Phi) is 6.63. The third kappa shape index (κ3) is 5.59. The lowest BCUT2D eigenvalue weighted by Gasteiger charge is -2.06. The fraction of sp³-hybridized carbons (Fsp3) is 0.167. The fourth-order valence-electron chi connectivity index (χ4n) is 1.95. The Hall–Kier alpha value is -2.53. The zero-order chi connectivity index (χ0) is 17.4. The smallest absolute Gasteiger partial charge is 0.407 e. The second kappa shape index (κ2) is 8.93. The fourth-order valence-corrected chi connectivity index (χ4v) is 2.17. The highest BCUT2D eigenvalue weighted by Crippen LogP contribution is 2.29. The van der Waals surface area contributed by atoms with Gasteiger partial charge in [0.1, 0.15) is 18.2 Å². The lowest BCUT2D eigenvalue weighted by molar-refractivity contribution is 0.140. The van der Waals surface area contributed by atoms with Gasteiger partial charge in [0.05, 0.1) is 5.02 Å². The average Bonchev–Trinajstić information content (AvgIpc) is 2.57. The number of phenols is 1. The summed E-state index contributed by atoms with van der Waals surface area (Å²) >= 11 is 5.69. The van der Waals surface area contributed by atoms with Gasteiger partial charge < -0.3 is 15.2 Å². The minimum atomic E-state index is -0.528. The number of benzene rings is 2. The zero-order valence-corrected chi connectivity index (χ0v) is 13.6. The van der Waals surface area contributed by atoms with Gasteiger partial charge in [0.2, 0.25) is 0 Å². The molecule has 2 N–H and O–H groups in total. The Morgan fingerprint density at radius 1 is 1.29 bits per heavy atom. The van der Waals surface area contributed by atoms with Crippen molar-refractivity contribution < 1.29 is 19.0 Å². The summed E-state index contributed by atoms with van der Waals surface area (Å²) in [5, 5.41) is 12.3. The molecule has 0 saturated carbocycles. The third-order valence-electron chi connectivity index (χ3n) is 3.15. The number of halogens is 2. The number of ether oxygens (including phenoxy) is 1. The molecule has 0 fully saturated rings. The highest BCUT2D eigenvalue weighted by Gasteiger charge is 2.06. The van der Waals surface area contributed by atoms with Gasteiger partial charge in [-0.05, 0) is 24.1 Å². The van der Waals surface area contributed by atoms with Gasteiger partial charge in [-0.3, -0.25) is 0 Å². The number of rotatable bonds is 6. The molecule has 0 spiro atoms. The summed E-state index contributed by atoms with van der Waals surface area (Å²) in [6, 6.07) is 11.6. The van der Waals surface area contributed by atoms with Crippen LogP contribution in [0.4, 0.5) is 9.18 Å². The summed E-state index contributed by atoms with van der Waals surface area (Å²) in [4.78, 5) is 11.5. The molecule has 0 unspecified atom stereocenters. The van der Waals surface area contributed by atoms with Gasteiger partial charge in [-0.2, -0.15) is 0 Å². The van der Waals surface area contributed by atoms with E-state index in [1.807, 2.05) is 30.3 Å². The van der Waals surface area contributed by atoms with Crippen LogP contribution in [-0.2, 0) is 11.3 Å². The van der Waals surface area contributed by atoms with Gasteiger partial charge in [-0.1, -0.05) is 54.1 Å².